The van der Waals surface area contributed by atoms with Crippen molar-refractivity contribution in [3.63, 3.8) is 0 Å². The molecule has 1 amide bonds. The number of hydrogen-bond donors (Lipinski definition) is 1. The van der Waals surface area contributed by atoms with Gasteiger partial charge in [0.2, 0.25) is 5.91 Å². The van der Waals surface area contributed by atoms with E-state index in [-0.39, 0.29) is 30.0 Å². The average molecular weight is 282 g/mol. The Morgan fingerprint density at radius 2 is 2.05 bits per heavy atom. The van der Waals surface area contributed by atoms with Gasteiger partial charge in [0.05, 0.1) is 18.1 Å². The van der Waals surface area contributed by atoms with Crippen molar-refractivity contribution < 1.29 is 13.2 Å². The summed E-state index contributed by atoms with van der Waals surface area (Å²) in [5.41, 5.74) is 0.750. The lowest BCUT2D eigenvalue weighted by atomic mass is 10.2. The number of nitrogens with one attached hydrogen (secondary N) is 1. The molecule has 1 unspecified atom stereocenters. The van der Waals surface area contributed by atoms with E-state index in [1.807, 2.05) is 35.2 Å². The molecule has 1 atom stereocenters. The van der Waals surface area contributed by atoms with Crippen LogP contribution in [-0.4, -0.2) is 50.4 Å². The lowest BCUT2D eigenvalue weighted by molar-refractivity contribution is -0.117. The summed E-state index contributed by atoms with van der Waals surface area (Å²) >= 11 is 0. The third-order valence-corrected chi connectivity index (χ3v) is 5.03. The zero-order chi connectivity index (χ0) is 13.9. The Morgan fingerprint density at radius 1 is 1.37 bits per heavy atom. The summed E-state index contributed by atoms with van der Waals surface area (Å²) in [6.07, 6.45) is 0.609. The molecule has 1 aliphatic rings. The van der Waals surface area contributed by atoms with E-state index in [9.17, 15) is 13.2 Å². The summed E-state index contributed by atoms with van der Waals surface area (Å²) in [7, 11) is -1.12. The highest BCUT2D eigenvalue weighted by Gasteiger charge is 2.31. The van der Waals surface area contributed by atoms with Crippen LogP contribution in [0.3, 0.4) is 0 Å². The van der Waals surface area contributed by atoms with Crippen LogP contribution in [-0.2, 0) is 14.6 Å². The minimum atomic E-state index is -2.91. The molecule has 5 nitrogen and oxygen atoms in total. The van der Waals surface area contributed by atoms with E-state index in [2.05, 4.69) is 5.32 Å². The number of para-hydroxylation sites is 1. The molecule has 1 fully saturated rings. The smallest absolute Gasteiger partial charge is 0.238 e. The van der Waals surface area contributed by atoms with E-state index < -0.39 is 9.84 Å². The normalized spacial score (nSPS) is 21.5. The molecule has 1 aromatic rings. The van der Waals surface area contributed by atoms with Gasteiger partial charge in [-0.25, -0.2) is 8.42 Å². The van der Waals surface area contributed by atoms with E-state index in [1.165, 1.54) is 0 Å². The van der Waals surface area contributed by atoms with Crippen molar-refractivity contribution in [2.45, 2.75) is 12.5 Å². The summed E-state index contributed by atoms with van der Waals surface area (Å²) in [5, 5.41) is 2.79. The summed E-state index contributed by atoms with van der Waals surface area (Å²) in [6, 6.07) is 9.17. The van der Waals surface area contributed by atoms with Gasteiger partial charge in [-0.3, -0.25) is 9.69 Å². The van der Waals surface area contributed by atoms with Crippen LogP contribution in [0.2, 0.25) is 0 Å². The Balaban J connectivity index is 1.86. The molecule has 0 spiro atoms. The predicted molar refractivity (Wildman–Crippen MR) is 74.8 cm³/mol. The summed E-state index contributed by atoms with van der Waals surface area (Å²) in [6.45, 7) is 0.203. The summed E-state index contributed by atoms with van der Waals surface area (Å²) in [5.74, 6) is 0.253. The molecule has 0 aliphatic carbocycles. The zero-order valence-corrected chi connectivity index (χ0v) is 11.7. The largest absolute Gasteiger partial charge is 0.325 e. The number of carbonyl (C=O) groups is 1. The number of nitrogens with zero attached hydrogens (tertiary/aromatic N) is 1. The number of amides is 1. The third kappa shape index (κ3) is 4.04. The molecule has 1 heterocycles. The molecule has 104 valence electrons. The van der Waals surface area contributed by atoms with Gasteiger partial charge in [-0.1, -0.05) is 18.2 Å². The van der Waals surface area contributed by atoms with E-state index in [4.69, 9.17) is 0 Å². The topological polar surface area (TPSA) is 66.5 Å². The molecule has 1 N–H and O–H groups in total. The fourth-order valence-electron chi connectivity index (χ4n) is 2.20. The second-order valence-electron chi connectivity index (χ2n) is 4.89. The van der Waals surface area contributed by atoms with Gasteiger partial charge in [-0.15, -0.1) is 0 Å². The number of anilines is 1. The number of carbonyl (C=O) groups excluding carboxylic acids is 1. The van der Waals surface area contributed by atoms with Crippen molar-refractivity contribution in [2.24, 2.45) is 0 Å². The molecule has 0 aromatic heterocycles. The minimum Gasteiger partial charge on any atom is -0.325 e. The van der Waals surface area contributed by atoms with Gasteiger partial charge in [-0.2, -0.15) is 0 Å². The predicted octanol–water partition coefficient (Wildman–Crippen LogP) is 0.744. The Morgan fingerprint density at radius 3 is 2.63 bits per heavy atom. The first-order valence-electron chi connectivity index (χ1n) is 6.22. The van der Waals surface area contributed by atoms with Crippen LogP contribution < -0.4 is 5.32 Å². The van der Waals surface area contributed by atoms with Crippen LogP contribution in [0.5, 0.6) is 0 Å². The molecular weight excluding hydrogens is 264 g/mol. The monoisotopic (exact) mass is 282 g/mol. The van der Waals surface area contributed by atoms with Crippen molar-refractivity contribution >= 4 is 21.4 Å². The van der Waals surface area contributed by atoms with Gasteiger partial charge in [0.25, 0.3) is 0 Å². The molecule has 1 saturated heterocycles. The first-order chi connectivity index (χ1) is 8.96. The Bertz CT molecular complexity index is 542. The van der Waals surface area contributed by atoms with Crippen LogP contribution in [0, 0.1) is 0 Å². The highest BCUT2D eigenvalue weighted by atomic mass is 32.2. The maximum Gasteiger partial charge on any atom is 0.238 e. The van der Waals surface area contributed by atoms with Crippen LogP contribution in [0.15, 0.2) is 30.3 Å². The SMILES string of the molecule is CN(CC(=O)Nc1ccccc1)C1CCS(=O)(=O)C1. The highest BCUT2D eigenvalue weighted by molar-refractivity contribution is 7.91. The van der Waals surface area contributed by atoms with Gasteiger partial charge >= 0.3 is 0 Å². The molecule has 0 radical (unpaired) electrons. The maximum absolute atomic E-state index is 11.8. The van der Waals surface area contributed by atoms with E-state index >= 15 is 0 Å². The van der Waals surface area contributed by atoms with Crippen LogP contribution in [0.25, 0.3) is 0 Å². The standard InChI is InChI=1S/C13H18N2O3S/c1-15(12-7-8-19(17,18)10-12)9-13(16)14-11-5-3-2-4-6-11/h2-6,12H,7-10H2,1H3,(H,14,16). The molecule has 0 bridgehead atoms. The fraction of sp³-hybridized carbons (Fsp3) is 0.462. The third-order valence-electron chi connectivity index (χ3n) is 3.28. The molecule has 2 rings (SSSR count). The lowest BCUT2D eigenvalue weighted by Crippen LogP contribution is -2.38. The van der Waals surface area contributed by atoms with Crippen molar-refractivity contribution in [1.82, 2.24) is 4.90 Å². The van der Waals surface area contributed by atoms with Crippen molar-refractivity contribution in [1.29, 1.82) is 0 Å². The maximum atomic E-state index is 11.8. The minimum absolute atomic E-state index is 0.0495. The van der Waals surface area contributed by atoms with Crippen LogP contribution in [0.1, 0.15) is 6.42 Å². The molecule has 1 aliphatic heterocycles. The molecular formula is C13H18N2O3S. The molecule has 0 saturated carbocycles. The first-order valence-corrected chi connectivity index (χ1v) is 8.04. The Hall–Kier alpha value is -1.40. The van der Waals surface area contributed by atoms with Crippen LogP contribution in [0.4, 0.5) is 5.69 Å². The quantitative estimate of drug-likeness (QED) is 0.884. The number of hydrogen-bond acceptors (Lipinski definition) is 4. The molecule has 1 aromatic carbocycles. The highest BCUT2D eigenvalue weighted by Crippen LogP contribution is 2.16. The number of likely N-dealkylation sites (N-methyl/N-ethyl adjacent to an activating group) is 1. The number of sulfone groups is 1. The van der Waals surface area contributed by atoms with Crippen LogP contribution >= 0.6 is 0 Å². The lowest BCUT2D eigenvalue weighted by Gasteiger charge is -2.22. The van der Waals surface area contributed by atoms with Gasteiger partial charge < -0.3 is 5.32 Å². The fourth-order valence-corrected chi connectivity index (χ4v) is 4.01. The Labute approximate surface area is 113 Å². The Kier molecular flexibility index (Phi) is 4.21. The van der Waals surface area contributed by atoms with Crippen molar-refractivity contribution in [3.05, 3.63) is 30.3 Å². The first kappa shape index (κ1) is 14.0. The second kappa shape index (κ2) is 5.71. The van der Waals surface area contributed by atoms with Gasteiger partial charge in [0.15, 0.2) is 9.84 Å². The number of benzene rings is 1. The van der Waals surface area contributed by atoms with Gasteiger partial charge in [-0.05, 0) is 25.6 Å². The summed E-state index contributed by atoms with van der Waals surface area (Å²) in [4.78, 5) is 13.6. The molecule has 6 heteroatoms. The van der Waals surface area contributed by atoms with Crippen molar-refractivity contribution in [2.75, 3.05) is 30.4 Å². The van der Waals surface area contributed by atoms with E-state index in [0.29, 0.717) is 6.42 Å². The summed E-state index contributed by atoms with van der Waals surface area (Å²) < 4.78 is 22.8. The van der Waals surface area contributed by atoms with Gasteiger partial charge in [0, 0.05) is 11.7 Å². The van der Waals surface area contributed by atoms with E-state index in [0.717, 1.165) is 5.69 Å². The average Bonchev–Trinajstić information content (AvgIpc) is 2.71. The van der Waals surface area contributed by atoms with Gasteiger partial charge in [0.1, 0.15) is 0 Å². The number of rotatable bonds is 4. The van der Waals surface area contributed by atoms with Crippen molar-refractivity contribution in [3.8, 4) is 0 Å². The second-order valence-corrected chi connectivity index (χ2v) is 7.11. The molecule has 19 heavy (non-hydrogen) atoms. The van der Waals surface area contributed by atoms with E-state index in [1.54, 1.807) is 7.05 Å². The zero-order valence-electron chi connectivity index (χ0n) is 10.9.